The highest BCUT2D eigenvalue weighted by molar-refractivity contribution is 5.99. The Kier molecular flexibility index (Phi) is 8.60. The van der Waals surface area contributed by atoms with E-state index in [1.807, 2.05) is 13.2 Å². The zero-order valence-electron chi connectivity index (χ0n) is 24.1. The van der Waals surface area contributed by atoms with E-state index in [0.717, 1.165) is 68.7 Å². The molecule has 2 aromatic carbocycles. The van der Waals surface area contributed by atoms with Crippen LogP contribution in [0.2, 0.25) is 0 Å². The highest BCUT2D eigenvalue weighted by Gasteiger charge is 2.30. The van der Waals surface area contributed by atoms with Gasteiger partial charge in [0.25, 0.3) is 5.91 Å². The summed E-state index contributed by atoms with van der Waals surface area (Å²) in [5.74, 6) is -0.0144. The quantitative estimate of drug-likeness (QED) is 0.281. The SMILES string of the molecule is Cn1cc(-c2cnc(N)c(C(=O)N[C@H]3CCC[C@@H]3OCc3ccc(-c4ccc(CN5CCNCC5)cc4)cc3)c2)cn1. The monoisotopic (exact) mass is 565 g/mol. The molecule has 0 unspecified atom stereocenters. The number of pyridine rings is 1. The number of rotatable bonds is 9. The normalized spacial score (nSPS) is 19.2. The van der Waals surface area contributed by atoms with Gasteiger partial charge in [0.1, 0.15) is 5.82 Å². The average molecular weight is 566 g/mol. The summed E-state index contributed by atoms with van der Waals surface area (Å²) in [6.07, 6.45) is 8.03. The Morgan fingerprint density at radius 3 is 2.38 bits per heavy atom. The average Bonchev–Trinajstić information content (AvgIpc) is 3.66. The number of hydrogen-bond acceptors (Lipinski definition) is 7. The van der Waals surface area contributed by atoms with E-state index in [1.54, 1.807) is 23.1 Å². The maximum Gasteiger partial charge on any atom is 0.255 e. The molecule has 2 aromatic heterocycles. The van der Waals surface area contributed by atoms with Gasteiger partial charge >= 0.3 is 0 Å². The van der Waals surface area contributed by atoms with Crippen LogP contribution in [0.5, 0.6) is 0 Å². The van der Waals surface area contributed by atoms with Crippen molar-refractivity contribution in [1.82, 2.24) is 30.3 Å². The number of nitrogens with zero attached hydrogens (tertiary/aromatic N) is 4. The Balaban J connectivity index is 1.03. The summed E-state index contributed by atoms with van der Waals surface area (Å²) in [6.45, 7) is 5.85. The molecule has 2 aliphatic rings. The number of carbonyl (C=O) groups is 1. The first-order valence-electron chi connectivity index (χ1n) is 14.8. The topological polar surface area (TPSA) is 110 Å². The van der Waals surface area contributed by atoms with Gasteiger partial charge in [0.2, 0.25) is 0 Å². The number of nitrogens with one attached hydrogen (secondary N) is 2. The molecule has 0 radical (unpaired) electrons. The standard InChI is InChI=1S/C33H39N7O2/c1-39-21-28(19-37-39)27-17-29(32(34)36-18-27)33(41)38-30-3-2-4-31(30)42-22-24-7-11-26(12-8-24)25-9-5-23(6-10-25)20-40-15-13-35-14-16-40/h5-12,17-19,21,30-31,35H,2-4,13-16,20,22H2,1H3,(H2,34,36)(H,38,41)/t30-,31-/m0/s1. The van der Waals surface area contributed by atoms with Gasteiger partial charge in [0.05, 0.1) is 30.5 Å². The van der Waals surface area contributed by atoms with Crippen LogP contribution in [0.25, 0.3) is 22.3 Å². The number of benzene rings is 2. The maximum absolute atomic E-state index is 13.2. The van der Waals surface area contributed by atoms with Crippen molar-refractivity contribution in [2.24, 2.45) is 7.05 Å². The molecule has 1 amide bonds. The molecule has 2 fully saturated rings. The fourth-order valence-electron chi connectivity index (χ4n) is 5.85. The third kappa shape index (κ3) is 6.70. The predicted octanol–water partition coefficient (Wildman–Crippen LogP) is 4.00. The summed E-state index contributed by atoms with van der Waals surface area (Å²) in [6, 6.07) is 19.2. The van der Waals surface area contributed by atoms with Crippen LogP contribution in [-0.4, -0.2) is 63.9 Å². The van der Waals surface area contributed by atoms with E-state index >= 15 is 0 Å². The Morgan fingerprint density at radius 1 is 0.976 bits per heavy atom. The smallest absolute Gasteiger partial charge is 0.255 e. The fraction of sp³-hybridized carbons (Fsp3) is 0.364. The lowest BCUT2D eigenvalue weighted by molar-refractivity contribution is 0.0272. The largest absolute Gasteiger partial charge is 0.383 e. The molecule has 9 heteroatoms. The molecule has 1 aliphatic heterocycles. The molecule has 4 N–H and O–H groups in total. The van der Waals surface area contributed by atoms with Crippen molar-refractivity contribution in [2.75, 3.05) is 31.9 Å². The van der Waals surface area contributed by atoms with Gasteiger partial charge in [-0.3, -0.25) is 14.4 Å². The summed E-state index contributed by atoms with van der Waals surface area (Å²) in [7, 11) is 1.85. The van der Waals surface area contributed by atoms with E-state index in [-0.39, 0.29) is 23.9 Å². The van der Waals surface area contributed by atoms with Gasteiger partial charge in [-0.2, -0.15) is 5.10 Å². The summed E-state index contributed by atoms with van der Waals surface area (Å²) >= 11 is 0. The minimum atomic E-state index is -0.227. The molecule has 2 atom stereocenters. The number of ether oxygens (including phenoxy) is 1. The Labute approximate surface area is 247 Å². The van der Waals surface area contributed by atoms with Crippen molar-refractivity contribution in [2.45, 2.75) is 44.6 Å². The molecular formula is C33H39N7O2. The number of nitrogens with two attached hydrogens (primary N) is 1. The van der Waals surface area contributed by atoms with E-state index in [9.17, 15) is 4.79 Å². The molecule has 9 nitrogen and oxygen atoms in total. The minimum absolute atomic E-state index is 0.0486. The van der Waals surface area contributed by atoms with E-state index in [0.29, 0.717) is 12.2 Å². The molecule has 3 heterocycles. The first-order valence-corrected chi connectivity index (χ1v) is 14.8. The third-order valence-electron chi connectivity index (χ3n) is 8.29. The predicted molar refractivity (Wildman–Crippen MR) is 165 cm³/mol. The molecule has 6 rings (SSSR count). The van der Waals surface area contributed by atoms with Crippen molar-refractivity contribution in [1.29, 1.82) is 0 Å². The molecule has 0 bridgehead atoms. The Bertz CT molecular complexity index is 1490. The first kappa shape index (κ1) is 28.1. The van der Waals surface area contributed by atoms with Crippen molar-refractivity contribution in [3.8, 4) is 22.3 Å². The van der Waals surface area contributed by atoms with Gasteiger partial charge in [0, 0.05) is 63.3 Å². The number of amides is 1. The van der Waals surface area contributed by atoms with Crippen LogP contribution < -0.4 is 16.4 Å². The van der Waals surface area contributed by atoms with Gasteiger partial charge in [-0.25, -0.2) is 4.98 Å². The van der Waals surface area contributed by atoms with Crippen LogP contribution in [0, 0.1) is 0 Å². The van der Waals surface area contributed by atoms with E-state index in [1.165, 1.54) is 16.7 Å². The van der Waals surface area contributed by atoms with E-state index < -0.39 is 0 Å². The number of hydrogen-bond donors (Lipinski definition) is 3. The zero-order valence-corrected chi connectivity index (χ0v) is 24.1. The van der Waals surface area contributed by atoms with Crippen LogP contribution in [0.1, 0.15) is 40.7 Å². The minimum Gasteiger partial charge on any atom is -0.383 e. The highest BCUT2D eigenvalue weighted by atomic mass is 16.5. The van der Waals surface area contributed by atoms with Gasteiger partial charge in [-0.1, -0.05) is 48.5 Å². The second-order valence-corrected chi connectivity index (χ2v) is 11.3. The van der Waals surface area contributed by atoms with Gasteiger partial charge < -0.3 is 21.1 Å². The Morgan fingerprint density at radius 2 is 1.69 bits per heavy atom. The first-order chi connectivity index (χ1) is 20.5. The van der Waals surface area contributed by atoms with Crippen molar-refractivity contribution >= 4 is 11.7 Å². The zero-order chi connectivity index (χ0) is 28.9. The molecule has 4 aromatic rings. The van der Waals surface area contributed by atoms with Crippen molar-refractivity contribution in [3.05, 3.63) is 89.9 Å². The summed E-state index contributed by atoms with van der Waals surface area (Å²) in [5, 5.41) is 10.8. The van der Waals surface area contributed by atoms with Gasteiger partial charge in [-0.15, -0.1) is 0 Å². The van der Waals surface area contributed by atoms with E-state index in [2.05, 4.69) is 74.1 Å². The Hall–Kier alpha value is -4.05. The number of nitrogen functional groups attached to an aromatic ring is 1. The maximum atomic E-state index is 13.2. The second-order valence-electron chi connectivity index (χ2n) is 11.3. The molecule has 42 heavy (non-hydrogen) atoms. The van der Waals surface area contributed by atoms with Crippen molar-refractivity contribution in [3.63, 3.8) is 0 Å². The van der Waals surface area contributed by atoms with Crippen LogP contribution in [0.15, 0.2) is 73.2 Å². The van der Waals surface area contributed by atoms with Gasteiger partial charge in [-0.05, 0) is 47.6 Å². The molecule has 1 saturated carbocycles. The third-order valence-corrected chi connectivity index (χ3v) is 8.29. The lowest BCUT2D eigenvalue weighted by Gasteiger charge is -2.27. The van der Waals surface area contributed by atoms with Crippen molar-refractivity contribution < 1.29 is 9.53 Å². The van der Waals surface area contributed by atoms with Gasteiger partial charge in [0.15, 0.2) is 0 Å². The highest BCUT2D eigenvalue weighted by Crippen LogP contribution is 2.27. The molecular weight excluding hydrogens is 526 g/mol. The number of aryl methyl sites for hydroxylation is 1. The molecule has 0 spiro atoms. The molecule has 1 saturated heterocycles. The van der Waals surface area contributed by atoms with Crippen LogP contribution >= 0.6 is 0 Å². The number of aromatic nitrogens is 3. The lowest BCUT2D eigenvalue weighted by Crippen LogP contribution is -2.42. The van der Waals surface area contributed by atoms with Crippen LogP contribution in [0.4, 0.5) is 5.82 Å². The number of carbonyl (C=O) groups excluding carboxylic acids is 1. The summed E-state index contributed by atoms with van der Waals surface area (Å²) in [5.41, 5.74) is 13.0. The fourth-order valence-corrected chi connectivity index (χ4v) is 5.85. The van der Waals surface area contributed by atoms with E-state index in [4.69, 9.17) is 10.5 Å². The number of piperazine rings is 1. The summed E-state index contributed by atoms with van der Waals surface area (Å²) in [4.78, 5) is 20.0. The molecule has 218 valence electrons. The summed E-state index contributed by atoms with van der Waals surface area (Å²) < 4.78 is 8.03. The second kappa shape index (κ2) is 12.9. The molecule has 1 aliphatic carbocycles. The number of anilines is 1. The van der Waals surface area contributed by atoms with Crippen LogP contribution in [0.3, 0.4) is 0 Å². The van der Waals surface area contributed by atoms with Crippen LogP contribution in [-0.2, 0) is 24.9 Å². The lowest BCUT2D eigenvalue weighted by atomic mass is 10.0.